The van der Waals surface area contributed by atoms with Gasteiger partial charge in [-0.05, 0) is 47.1 Å². The van der Waals surface area contributed by atoms with Crippen molar-refractivity contribution in [2.75, 3.05) is 5.32 Å². The number of hydrogen-bond acceptors (Lipinski definition) is 4. The van der Waals surface area contributed by atoms with Gasteiger partial charge in [-0.2, -0.15) is 0 Å². The molecule has 0 radical (unpaired) electrons. The molecule has 2 aromatic rings. The van der Waals surface area contributed by atoms with Crippen LogP contribution in [0.15, 0.2) is 51.4 Å². The molecule has 0 aliphatic carbocycles. The van der Waals surface area contributed by atoms with E-state index in [1.54, 1.807) is 31.2 Å². The largest absolute Gasteiger partial charge is 0.480 e. The van der Waals surface area contributed by atoms with Crippen LogP contribution in [-0.4, -0.2) is 16.9 Å². The molecule has 23 heavy (non-hydrogen) atoms. The van der Waals surface area contributed by atoms with E-state index in [1.165, 1.54) is 18.2 Å². The number of benzene rings is 2. The van der Waals surface area contributed by atoms with Gasteiger partial charge in [0.2, 0.25) is 0 Å². The van der Waals surface area contributed by atoms with E-state index in [1.807, 2.05) is 0 Å². The molecular weight excluding hydrogens is 432 g/mol. The Morgan fingerprint density at radius 1 is 1.26 bits per heavy atom. The molecule has 0 aliphatic rings. The Bertz CT molecular complexity index is 752. The Balaban J connectivity index is 2.05. The molecule has 1 N–H and O–H groups in total. The molecule has 1 unspecified atom stereocenters. The third-order valence-electron chi connectivity index (χ3n) is 2.89. The predicted molar refractivity (Wildman–Crippen MR) is 93.7 cm³/mol. The molecular formula is C15H12Br2N2O4. The molecule has 120 valence electrons. The van der Waals surface area contributed by atoms with E-state index >= 15 is 0 Å². The van der Waals surface area contributed by atoms with Crippen molar-refractivity contribution >= 4 is 49.1 Å². The molecule has 2 rings (SSSR count). The third-order valence-corrected chi connectivity index (χ3v) is 4.00. The summed E-state index contributed by atoms with van der Waals surface area (Å²) in [6, 6.07) is 11.1. The SMILES string of the molecule is CC(Oc1ccc(Br)cc1Br)C(=O)Nc1cccc([N+](=O)[O-])c1. The van der Waals surface area contributed by atoms with E-state index in [9.17, 15) is 14.9 Å². The zero-order valence-corrected chi connectivity index (χ0v) is 15.1. The molecule has 8 heteroatoms. The summed E-state index contributed by atoms with van der Waals surface area (Å²) < 4.78 is 7.19. The highest BCUT2D eigenvalue weighted by atomic mass is 79.9. The van der Waals surface area contributed by atoms with Crippen LogP contribution in [0, 0.1) is 10.1 Å². The number of nitrogens with zero attached hydrogens (tertiary/aromatic N) is 1. The van der Waals surface area contributed by atoms with Crippen LogP contribution in [0.3, 0.4) is 0 Å². The highest BCUT2D eigenvalue weighted by Gasteiger charge is 2.17. The van der Waals surface area contributed by atoms with Crippen molar-refractivity contribution in [3.05, 3.63) is 61.5 Å². The first-order valence-corrected chi connectivity index (χ1v) is 8.12. The number of amides is 1. The van der Waals surface area contributed by atoms with Crippen LogP contribution in [0.1, 0.15) is 6.92 Å². The maximum Gasteiger partial charge on any atom is 0.271 e. The summed E-state index contributed by atoms with van der Waals surface area (Å²) in [4.78, 5) is 22.4. The molecule has 0 aromatic heterocycles. The molecule has 0 saturated heterocycles. The van der Waals surface area contributed by atoms with Gasteiger partial charge in [0.05, 0.1) is 9.40 Å². The van der Waals surface area contributed by atoms with Gasteiger partial charge in [0, 0.05) is 22.3 Å². The van der Waals surface area contributed by atoms with Crippen molar-refractivity contribution < 1.29 is 14.5 Å². The van der Waals surface area contributed by atoms with Crippen molar-refractivity contribution in [3.63, 3.8) is 0 Å². The molecule has 0 bridgehead atoms. The molecule has 0 saturated carbocycles. The van der Waals surface area contributed by atoms with Gasteiger partial charge in [0.15, 0.2) is 6.10 Å². The summed E-state index contributed by atoms with van der Waals surface area (Å²) in [6.45, 7) is 1.60. The Kier molecular flexibility index (Phi) is 5.73. The second-order valence-corrected chi connectivity index (χ2v) is 6.40. The van der Waals surface area contributed by atoms with Gasteiger partial charge >= 0.3 is 0 Å². The Morgan fingerprint density at radius 2 is 2.00 bits per heavy atom. The average molecular weight is 444 g/mol. The number of hydrogen-bond donors (Lipinski definition) is 1. The van der Waals surface area contributed by atoms with Gasteiger partial charge in [-0.1, -0.05) is 22.0 Å². The van der Waals surface area contributed by atoms with Crippen molar-refractivity contribution in [2.45, 2.75) is 13.0 Å². The molecule has 0 fully saturated rings. The van der Waals surface area contributed by atoms with Crippen LogP contribution in [-0.2, 0) is 4.79 Å². The minimum Gasteiger partial charge on any atom is -0.480 e. The van der Waals surface area contributed by atoms with E-state index in [0.717, 1.165) is 4.47 Å². The number of nitro benzene ring substituents is 1. The lowest BCUT2D eigenvalue weighted by molar-refractivity contribution is -0.384. The number of nitro groups is 1. The van der Waals surface area contributed by atoms with Crippen LogP contribution in [0.5, 0.6) is 5.75 Å². The fraction of sp³-hybridized carbons (Fsp3) is 0.133. The first kappa shape index (κ1) is 17.4. The van der Waals surface area contributed by atoms with E-state index in [2.05, 4.69) is 37.2 Å². The van der Waals surface area contributed by atoms with Crippen LogP contribution >= 0.6 is 31.9 Å². The van der Waals surface area contributed by atoms with Crippen molar-refractivity contribution in [1.82, 2.24) is 0 Å². The highest BCUT2D eigenvalue weighted by molar-refractivity contribution is 9.11. The van der Waals surface area contributed by atoms with E-state index < -0.39 is 16.9 Å². The lowest BCUT2D eigenvalue weighted by atomic mass is 10.2. The van der Waals surface area contributed by atoms with E-state index in [-0.39, 0.29) is 5.69 Å². The number of ether oxygens (including phenoxy) is 1. The van der Waals surface area contributed by atoms with Crippen LogP contribution < -0.4 is 10.1 Å². The molecule has 0 aliphatic heterocycles. The predicted octanol–water partition coefficient (Wildman–Crippen LogP) is 4.53. The number of carbonyl (C=O) groups is 1. The molecule has 1 atom stereocenters. The fourth-order valence-electron chi connectivity index (χ4n) is 1.76. The Morgan fingerprint density at radius 3 is 2.65 bits per heavy atom. The number of nitrogens with one attached hydrogen (secondary N) is 1. The normalized spacial score (nSPS) is 11.6. The van der Waals surface area contributed by atoms with Crippen LogP contribution in [0.4, 0.5) is 11.4 Å². The fourth-order valence-corrected chi connectivity index (χ4v) is 2.90. The lowest BCUT2D eigenvalue weighted by Crippen LogP contribution is -2.30. The van der Waals surface area contributed by atoms with Crippen LogP contribution in [0.25, 0.3) is 0 Å². The minimum atomic E-state index is -0.772. The van der Waals surface area contributed by atoms with Gasteiger partial charge in [-0.3, -0.25) is 14.9 Å². The number of carbonyl (C=O) groups excluding carboxylic acids is 1. The Hall–Kier alpha value is -1.93. The maximum absolute atomic E-state index is 12.1. The number of anilines is 1. The molecule has 6 nitrogen and oxygen atoms in total. The number of rotatable bonds is 5. The second kappa shape index (κ2) is 7.56. The number of halogens is 2. The smallest absolute Gasteiger partial charge is 0.271 e. The van der Waals surface area contributed by atoms with Crippen LogP contribution in [0.2, 0.25) is 0 Å². The first-order chi connectivity index (χ1) is 10.9. The van der Waals surface area contributed by atoms with Gasteiger partial charge in [0.1, 0.15) is 5.75 Å². The topological polar surface area (TPSA) is 81.5 Å². The highest BCUT2D eigenvalue weighted by Crippen LogP contribution is 2.29. The minimum absolute atomic E-state index is 0.0907. The first-order valence-electron chi connectivity index (χ1n) is 6.54. The van der Waals surface area contributed by atoms with E-state index in [0.29, 0.717) is 15.9 Å². The lowest BCUT2D eigenvalue weighted by Gasteiger charge is -2.16. The van der Waals surface area contributed by atoms with E-state index in [4.69, 9.17) is 4.74 Å². The summed E-state index contributed by atoms with van der Waals surface area (Å²) in [7, 11) is 0. The summed E-state index contributed by atoms with van der Waals surface area (Å²) >= 11 is 6.69. The summed E-state index contributed by atoms with van der Waals surface area (Å²) in [5, 5.41) is 13.3. The van der Waals surface area contributed by atoms with Gasteiger partial charge < -0.3 is 10.1 Å². The molecule has 1 amide bonds. The zero-order chi connectivity index (χ0) is 17.0. The third kappa shape index (κ3) is 4.77. The standard InChI is InChI=1S/C15H12Br2N2O4/c1-9(23-14-6-5-10(16)7-13(14)17)15(20)18-11-3-2-4-12(8-11)19(21)22/h2-9H,1H3,(H,18,20). The zero-order valence-electron chi connectivity index (χ0n) is 12.0. The molecule has 0 heterocycles. The maximum atomic E-state index is 12.1. The Labute approximate surface area is 149 Å². The monoisotopic (exact) mass is 442 g/mol. The summed E-state index contributed by atoms with van der Waals surface area (Å²) in [6.07, 6.45) is -0.772. The van der Waals surface area contributed by atoms with Gasteiger partial charge in [0.25, 0.3) is 11.6 Å². The number of non-ortho nitro benzene ring substituents is 1. The molecule has 0 spiro atoms. The second-order valence-electron chi connectivity index (χ2n) is 4.63. The summed E-state index contributed by atoms with van der Waals surface area (Å²) in [5.74, 6) is 0.121. The van der Waals surface area contributed by atoms with Crippen molar-refractivity contribution in [1.29, 1.82) is 0 Å². The van der Waals surface area contributed by atoms with Crippen molar-refractivity contribution in [2.24, 2.45) is 0 Å². The van der Waals surface area contributed by atoms with Gasteiger partial charge in [-0.15, -0.1) is 0 Å². The average Bonchev–Trinajstić information content (AvgIpc) is 2.50. The molecule has 2 aromatic carbocycles. The quantitative estimate of drug-likeness (QED) is 0.543. The van der Waals surface area contributed by atoms with Gasteiger partial charge in [-0.25, -0.2) is 0 Å². The van der Waals surface area contributed by atoms with Crippen molar-refractivity contribution in [3.8, 4) is 5.75 Å². The summed E-state index contributed by atoms with van der Waals surface area (Å²) in [5.41, 5.74) is 0.251.